The van der Waals surface area contributed by atoms with Crippen molar-refractivity contribution in [2.24, 2.45) is 5.73 Å². The molecule has 0 atom stereocenters. The molecule has 0 aromatic rings. The average molecular weight is 189 g/mol. The summed E-state index contributed by atoms with van der Waals surface area (Å²) in [5.41, 5.74) is 4.16. The van der Waals surface area contributed by atoms with Crippen LogP contribution in [0.3, 0.4) is 0 Å². The molecule has 72 valence electrons. The Hall–Kier alpha value is -1.01. The fraction of sp³-hybridized carbons (Fsp3) is 0.800. The topological polar surface area (TPSA) is 52.3 Å². The van der Waals surface area contributed by atoms with Crippen LogP contribution in [0.2, 0.25) is 0 Å². The van der Waals surface area contributed by atoms with Gasteiger partial charge in [0, 0.05) is 6.42 Å². The number of alkyl halides is 4. The number of hydrogen-bond donors (Lipinski definition) is 1. The zero-order valence-electron chi connectivity index (χ0n) is 6.11. The molecule has 0 aromatic heterocycles. The van der Waals surface area contributed by atoms with E-state index >= 15 is 0 Å². The summed E-state index contributed by atoms with van der Waals surface area (Å²) >= 11 is 0. The molecule has 0 aliphatic heterocycles. The van der Waals surface area contributed by atoms with Crippen molar-refractivity contribution >= 4 is 6.09 Å². The second kappa shape index (κ2) is 3.16. The van der Waals surface area contributed by atoms with Crippen LogP contribution >= 0.6 is 0 Å². The van der Waals surface area contributed by atoms with Crippen LogP contribution in [0.4, 0.5) is 22.4 Å². The van der Waals surface area contributed by atoms with E-state index in [1.165, 1.54) is 0 Å². The van der Waals surface area contributed by atoms with Crippen LogP contribution in [0.25, 0.3) is 0 Å². The number of rotatable bonds is 3. The van der Waals surface area contributed by atoms with E-state index in [2.05, 4.69) is 10.5 Å². The Labute approximate surface area is 65.5 Å². The lowest BCUT2D eigenvalue weighted by molar-refractivity contribution is -0.321. The van der Waals surface area contributed by atoms with Gasteiger partial charge in [-0.25, -0.2) is 4.79 Å². The standard InChI is InChI=1S/C5H7F4NO2/c1-2-4(6,7)5(8,9)12-3(10)11/h2H2,1H3,(H2,10,11). The van der Waals surface area contributed by atoms with Crippen molar-refractivity contribution < 1.29 is 27.1 Å². The Kier molecular flexibility index (Phi) is 2.89. The van der Waals surface area contributed by atoms with Crippen molar-refractivity contribution in [2.45, 2.75) is 25.4 Å². The highest BCUT2D eigenvalue weighted by Gasteiger charge is 2.58. The molecule has 0 aromatic carbocycles. The van der Waals surface area contributed by atoms with Crippen LogP contribution in [0.1, 0.15) is 13.3 Å². The minimum atomic E-state index is -4.84. The Morgan fingerprint density at radius 2 is 1.83 bits per heavy atom. The Morgan fingerprint density at radius 3 is 2.08 bits per heavy atom. The quantitative estimate of drug-likeness (QED) is 0.687. The minimum Gasteiger partial charge on any atom is -0.379 e. The van der Waals surface area contributed by atoms with Gasteiger partial charge in [-0.05, 0) is 0 Å². The van der Waals surface area contributed by atoms with Gasteiger partial charge < -0.3 is 10.5 Å². The molecule has 7 heteroatoms. The molecule has 0 heterocycles. The van der Waals surface area contributed by atoms with Gasteiger partial charge in [0.25, 0.3) is 0 Å². The maximum absolute atomic E-state index is 12.2. The zero-order chi connectivity index (χ0) is 9.99. The number of nitrogens with two attached hydrogens (primary N) is 1. The number of hydrogen-bond acceptors (Lipinski definition) is 2. The van der Waals surface area contributed by atoms with E-state index in [1.807, 2.05) is 0 Å². The molecule has 0 spiro atoms. The largest absolute Gasteiger partial charge is 0.467 e. The third kappa shape index (κ3) is 2.24. The smallest absolute Gasteiger partial charge is 0.379 e. The monoisotopic (exact) mass is 189 g/mol. The van der Waals surface area contributed by atoms with Gasteiger partial charge in [0.15, 0.2) is 0 Å². The molecule has 0 unspecified atom stereocenters. The first kappa shape index (κ1) is 11.0. The molecule has 0 aliphatic rings. The zero-order valence-corrected chi connectivity index (χ0v) is 6.11. The SMILES string of the molecule is CCC(F)(F)C(F)(F)OC(N)=O. The van der Waals surface area contributed by atoms with E-state index in [4.69, 9.17) is 0 Å². The van der Waals surface area contributed by atoms with Gasteiger partial charge in [0.05, 0.1) is 0 Å². The number of carbonyl (C=O) groups is 1. The summed E-state index contributed by atoms with van der Waals surface area (Å²) in [7, 11) is 0. The van der Waals surface area contributed by atoms with Crippen molar-refractivity contribution in [3.63, 3.8) is 0 Å². The van der Waals surface area contributed by atoms with Crippen LogP contribution in [-0.4, -0.2) is 18.1 Å². The normalized spacial score (nSPS) is 12.8. The summed E-state index contributed by atoms with van der Waals surface area (Å²) in [5.74, 6) is -4.39. The van der Waals surface area contributed by atoms with Gasteiger partial charge in [-0.3, -0.25) is 0 Å². The second-order valence-corrected chi connectivity index (χ2v) is 2.00. The summed E-state index contributed by atoms with van der Waals surface area (Å²) < 4.78 is 51.7. The summed E-state index contributed by atoms with van der Waals surface area (Å²) in [4.78, 5) is 9.76. The summed E-state index contributed by atoms with van der Waals surface area (Å²) in [6, 6.07) is 0. The van der Waals surface area contributed by atoms with Gasteiger partial charge >= 0.3 is 18.1 Å². The van der Waals surface area contributed by atoms with Gasteiger partial charge in [-0.2, -0.15) is 17.6 Å². The summed E-state index contributed by atoms with van der Waals surface area (Å²) in [5, 5.41) is 0. The fourth-order valence-corrected chi connectivity index (χ4v) is 0.407. The highest BCUT2D eigenvalue weighted by molar-refractivity contribution is 5.65. The van der Waals surface area contributed by atoms with Crippen molar-refractivity contribution in [3.05, 3.63) is 0 Å². The fourth-order valence-electron chi connectivity index (χ4n) is 0.407. The van der Waals surface area contributed by atoms with E-state index in [9.17, 15) is 22.4 Å². The van der Waals surface area contributed by atoms with E-state index in [-0.39, 0.29) is 0 Å². The highest BCUT2D eigenvalue weighted by atomic mass is 19.3. The molecular formula is C5H7F4NO2. The first-order valence-corrected chi connectivity index (χ1v) is 2.97. The summed E-state index contributed by atoms with van der Waals surface area (Å²) in [6.07, 6.45) is -7.92. The van der Waals surface area contributed by atoms with Crippen molar-refractivity contribution in [3.8, 4) is 0 Å². The predicted molar refractivity (Wildman–Crippen MR) is 30.9 cm³/mol. The number of carbonyl (C=O) groups excluding carboxylic acids is 1. The van der Waals surface area contributed by atoms with Crippen LogP contribution in [0.5, 0.6) is 0 Å². The highest BCUT2D eigenvalue weighted by Crippen LogP contribution is 2.37. The number of ether oxygens (including phenoxy) is 1. The first-order valence-electron chi connectivity index (χ1n) is 2.97. The Balaban J connectivity index is 4.48. The van der Waals surface area contributed by atoms with Crippen LogP contribution in [0, 0.1) is 0 Å². The molecular weight excluding hydrogens is 182 g/mol. The lowest BCUT2D eigenvalue weighted by atomic mass is 10.2. The number of primary amides is 1. The number of halogens is 4. The van der Waals surface area contributed by atoms with Crippen molar-refractivity contribution in [2.75, 3.05) is 0 Å². The lowest BCUT2D eigenvalue weighted by Gasteiger charge is -2.23. The van der Waals surface area contributed by atoms with Gasteiger partial charge in [-0.15, -0.1) is 0 Å². The van der Waals surface area contributed by atoms with E-state index in [1.54, 1.807) is 0 Å². The number of amides is 1. The molecule has 0 aliphatic carbocycles. The van der Waals surface area contributed by atoms with Crippen LogP contribution < -0.4 is 5.73 Å². The van der Waals surface area contributed by atoms with E-state index in [0.29, 0.717) is 0 Å². The molecule has 0 rings (SSSR count). The molecule has 0 radical (unpaired) electrons. The molecule has 3 nitrogen and oxygen atoms in total. The van der Waals surface area contributed by atoms with E-state index < -0.39 is 24.5 Å². The minimum absolute atomic E-state index is 0.832. The molecule has 1 amide bonds. The molecule has 2 N–H and O–H groups in total. The summed E-state index contributed by atoms with van der Waals surface area (Å²) in [6.45, 7) is 0.832. The predicted octanol–water partition coefficient (Wildman–Crippen LogP) is 1.72. The molecule has 0 bridgehead atoms. The van der Waals surface area contributed by atoms with Crippen LogP contribution in [0.15, 0.2) is 0 Å². The van der Waals surface area contributed by atoms with Crippen LogP contribution in [-0.2, 0) is 4.74 Å². The molecule has 0 saturated carbocycles. The van der Waals surface area contributed by atoms with Gasteiger partial charge in [0.1, 0.15) is 0 Å². The van der Waals surface area contributed by atoms with Crippen molar-refractivity contribution in [1.82, 2.24) is 0 Å². The molecule has 12 heavy (non-hydrogen) atoms. The Bertz CT molecular complexity index is 182. The average Bonchev–Trinajstić information content (AvgIpc) is 1.84. The molecule has 0 saturated heterocycles. The third-order valence-electron chi connectivity index (χ3n) is 1.10. The maximum atomic E-state index is 12.2. The van der Waals surface area contributed by atoms with Gasteiger partial charge in [0.2, 0.25) is 0 Å². The third-order valence-corrected chi connectivity index (χ3v) is 1.10. The second-order valence-electron chi connectivity index (χ2n) is 2.00. The molecule has 0 fully saturated rings. The Morgan fingerprint density at radius 1 is 1.42 bits per heavy atom. The van der Waals surface area contributed by atoms with Crippen molar-refractivity contribution in [1.29, 1.82) is 0 Å². The lowest BCUT2D eigenvalue weighted by Crippen LogP contribution is -2.44. The first-order chi connectivity index (χ1) is 5.23. The van der Waals surface area contributed by atoms with Gasteiger partial charge in [-0.1, -0.05) is 6.92 Å². The van der Waals surface area contributed by atoms with E-state index in [0.717, 1.165) is 6.92 Å². The maximum Gasteiger partial charge on any atom is 0.467 e.